The molecular formula is C22H28NO6-. The van der Waals surface area contributed by atoms with Crippen molar-refractivity contribution in [2.75, 3.05) is 0 Å². The Morgan fingerprint density at radius 3 is 2.55 bits per heavy atom. The van der Waals surface area contributed by atoms with Crippen molar-refractivity contribution in [1.82, 2.24) is 5.32 Å². The molecule has 1 aromatic heterocycles. The molecule has 0 aliphatic rings. The highest BCUT2D eigenvalue weighted by molar-refractivity contribution is 5.86. The predicted molar refractivity (Wildman–Crippen MR) is 108 cm³/mol. The van der Waals surface area contributed by atoms with E-state index in [2.05, 4.69) is 12.2 Å². The van der Waals surface area contributed by atoms with Crippen LogP contribution in [0.15, 0.2) is 33.5 Å². The number of carbonyl (C=O) groups excluding carboxylic acids is 2. The van der Waals surface area contributed by atoms with Crippen LogP contribution >= 0.6 is 0 Å². The van der Waals surface area contributed by atoms with Crippen molar-refractivity contribution in [3.05, 3.63) is 40.2 Å². The third-order valence-electron chi connectivity index (χ3n) is 5.05. The molecule has 0 aliphatic heterocycles. The molecule has 29 heavy (non-hydrogen) atoms. The smallest absolute Gasteiger partial charge is 0.336 e. The van der Waals surface area contributed by atoms with Gasteiger partial charge in [0.25, 0.3) is 5.91 Å². The van der Waals surface area contributed by atoms with E-state index >= 15 is 0 Å². The topological polar surface area (TPSA) is 109 Å². The van der Waals surface area contributed by atoms with Crippen molar-refractivity contribution < 1.29 is 23.8 Å². The molecule has 0 radical (unpaired) electrons. The van der Waals surface area contributed by atoms with Crippen LogP contribution < -0.4 is 20.8 Å². The number of fused-ring (bicyclic) bond motifs is 1. The highest BCUT2D eigenvalue weighted by atomic mass is 16.5. The van der Waals surface area contributed by atoms with E-state index in [-0.39, 0.29) is 5.92 Å². The van der Waals surface area contributed by atoms with E-state index in [9.17, 15) is 19.5 Å². The molecular weight excluding hydrogens is 374 g/mol. The fraction of sp³-hybridized carbons (Fsp3) is 0.500. The van der Waals surface area contributed by atoms with E-state index < -0.39 is 29.6 Å². The quantitative estimate of drug-likeness (QED) is 0.610. The first kappa shape index (κ1) is 22.5. The van der Waals surface area contributed by atoms with Crippen LogP contribution in [0.2, 0.25) is 0 Å². The van der Waals surface area contributed by atoms with E-state index in [0.717, 1.165) is 30.2 Å². The maximum Gasteiger partial charge on any atom is 0.336 e. The molecule has 158 valence electrons. The van der Waals surface area contributed by atoms with Gasteiger partial charge < -0.3 is 24.4 Å². The van der Waals surface area contributed by atoms with Crippen molar-refractivity contribution in [2.45, 2.75) is 65.5 Å². The number of benzene rings is 1. The summed E-state index contributed by atoms with van der Waals surface area (Å²) in [6.07, 6.45) is 2.40. The summed E-state index contributed by atoms with van der Waals surface area (Å²) >= 11 is 0. The summed E-state index contributed by atoms with van der Waals surface area (Å²) in [5.41, 5.74) is 0.874. The van der Waals surface area contributed by atoms with E-state index in [1.54, 1.807) is 25.1 Å². The fourth-order valence-corrected chi connectivity index (χ4v) is 3.06. The molecule has 1 heterocycles. The summed E-state index contributed by atoms with van der Waals surface area (Å²) in [6.45, 7) is 7.17. The van der Waals surface area contributed by atoms with Gasteiger partial charge in [0, 0.05) is 17.5 Å². The molecule has 2 aromatic rings. The minimum atomic E-state index is -1.33. The number of hydrogen-bond donors (Lipinski definition) is 1. The van der Waals surface area contributed by atoms with Crippen molar-refractivity contribution in [3.8, 4) is 5.75 Å². The molecule has 3 atom stereocenters. The number of amides is 1. The number of ether oxygens (including phenoxy) is 1. The van der Waals surface area contributed by atoms with E-state index in [1.807, 2.05) is 6.92 Å². The number of carboxylic acid groups (broad SMARTS) is 1. The van der Waals surface area contributed by atoms with Crippen LogP contribution in [0, 0.1) is 5.92 Å². The van der Waals surface area contributed by atoms with Crippen molar-refractivity contribution in [3.63, 3.8) is 0 Å². The molecule has 0 spiro atoms. The zero-order valence-corrected chi connectivity index (χ0v) is 17.3. The van der Waals surface area contributed by atoms with Crippen LogP contribution in [-0.2, 0) is 16.0 Å². The molecule has 0 unspecified atom stereocenters. The van der Waals surface area contributed by atoms with Gasteiger partial charge in [-0.15, -0.1) is 0 Å². The van der Waals surface area contributed by atoms with Gasteiger partial charge in [0.05, 0.1) is 12.0 Å². The van der Waals surface area contributed by atoms with Gasteiger partial charge in [-0.1, -0.05) is 33.6 Å². The largest absolute Gasteiger partial charge is 0.548 e. The summed E-state index contributed by atoms with van der Waals surface area (Å²) in [5.74, 6) is -1.80. The molecule has 0 saturated carbocycles. The second-order valence-electron chi connectivity index (χ2n) is 7.30. The predicted octanol–water partition coefficient (Wildman–Crippen LogP) is 2.18. The molecule has 0 fully saturated rings. The van der Waals surface area contributed by atoms with Gasteiger partial charge >= 0.3 is 5.63 Å². The summed E-state index contributed by atoms with van der Waals surface area (Å²) in [5, 5.41) is 14.6. The molecule has 2 rings (SSSR count). The highest BCUT2D eigenvalue weighted by Crippen LogP contribution is 2.24. The van der Waals surface area contributed by atoms with Gasteiger partial charge in [-0.25, -0.2) is 4.79 Å². The Bertz CT molecular complexity index is 919. The van der Waals surface area contributed by atoms with E-state index in [1.165, 1.54) is 13.0 Å². The third kappa shape index (κ3) is 5.82. The maximum atomic E-state index is 12.4. The number of rotatable bonds is 10. The van der Waals surface area contributed by atoms with Crippen LogP contribution in [-0.4, -0.2) is 24.0 Å². The second-order valence-corrected chi connectivity index (χ2v) is 7.30. The minimum absolute atomic E-state index is 0.271. The van der Waals surface area contributed by atoms with E-state index in [0.29, 0.717) is 17.8 Å². The van der Waals surface area contributed by atoms with Gasteiger partial charge in [-0.3, -0.25) is 4.79 Å². The Balaban J connectivity index is 2.17. The van der Waals surface area contributed by atoms with Gasteiger partial charge in [-0.2, -0.15) is 0 Å². The van der Waals surface area contributed by atoms with Crippen LogP contribution in [0.3, 0.4) is 0 Å². The lowest BCUT2D eigenvalue weighted by molar-refractivity contribution is -0.309. The summed E-state index contributed by atoms with van der Waals surface area (Å²) in [7, 11) is 0. The third-order valence-corrected chi connectivity index (χ3v) is 5.05. The average Bonchev–Trinajstić information content (AvgIpc) is 2.68. The Hall–Kier alpha value is -2.83. The highest BCUT2D eigenvalue weighted by Gasteiger charge is 2.23. The molecule has 0 saturated heterocycles. The number of carboxylic acids is 1. The molecule has 1 amide bonds. The Labute approximate surface area is 170 Å². The zero-order chi connectivity index (χ0) is 21.6. The van der Waals surface area contributed by atoms with Crippen LogP contribution in [0.4, 0.5) is 0 Å². The Morgan fingerprint density at radius 1 is 1.21 bits per heavy atom. The lowest BCUT2D eigenvalue weighted by Gasteiger charge is -2.26. The number of carbonyl (C=O) groups is 2. The summed E-state index contributed by atoms with van der Waals surface area (Å²) in [6, 6.07) is 5.48. The standard InChI is InChI=1S/C22H29NO6/c1-5-7-8-15-11-19(24)29-18-12-16(9-10-17(15)18)28-14(4)21(25)23-20(22(26)27)13(3)6-2/h9-14,20H,5-8H2,1-4H3,(H,23,25)(H,26,27)/p-1/t13-,14-,20-/m0/s1. The van der Waals surface area contributed by atoms with Crippen LogP contribution in [0.1, 0.15) is 52.5 Å². The molecule has 7 heteroatoms. The number of aryl methyl sites for hydroxylation is 1. The molecule has 1 N–H and O–H groups in total. The van der Waals surface area contributed by atoms with Crippen LogP contribution in [0.5, 0.6) is 5.75 Å². The van der Waals surface area contributed by atoms with Crippen molar-refractivity contribution in [1.29, 1.82) is 0 Å². The van der Waals surface area contributed by atoms with Crippen LogP contribution in [0.25, 0.3) is 11.0 Å². The monoisotopic (exact) mass is 402 g/mol. The minimum Gasteiger partial charge on any atom is -0.548 e. The molecule has 0 bridgehead atoms. The zero-order valence-electron chi connectivity index (χ0n) is 17.3. The number of aliphatic carboxylic acids is 1. The first-order valence-corrected chi connectivity index (χ1v) is 10.0. The molecule has 0 aliphatic carbocycles. The number of nitrogens with one attached hydrogen (secondary N) is 1. The fourth-order valence-electron chi connectivity index (χ4n) is 3.06. The SMILES string of the molecule is CCCCc1cc(=O)oc2cc(O[C@@H](C)C(=O)N[C@H](C(=O)[O-])[C@@H](C)CC)ccc12. The van der Waals surface area contributed by atoms with Gasteiger partial charge in [0.15, 0.2) is 6.10 Å². The Morgan fingerprint density at radius 2 is 1.93 bits per heavy atom. The molecule has 7 nitrogen and oxygen atoms in total. The second kappa shape index (κ2) is 10.1. The van der Waals surface area contributed by atoms with Gasteiger partial charge in [-0.05, 0) is 43.4 Å². The normalized spacial score (nSPS) is 14.2. The lowest BCUT2D eigenvalue weighted by Crippen LogP contribution is -2.54. The van der Waals surface area contributed by atoms with Crippen molar-refractivity contribution >= 4 is 22.8 Å². The maximum absolute atomic E-state index is 12.4. The van der Waals surface area contributed by atoms with Gasteiger partial charge in [0.1, 0.15) is 11.3 Å². The first-order valence-electron chi connectivity index (χ1n) is 10.0. The van der Waals surface area contributed by atoms with Gasteiger partial charge in [0.2, 0.25) is 0 Å². The Kier molecular flexibility index (Phi) is 7.82. The summed E-state index contributed by atoms with van der Waals surface area (Å²) in [4.78, 5) is 35.5. The first-order chi connectivity index (χ1) is 13.8. The average molecular weight is 402 g/mol. The summed E-state index contributed by atoms with van der Waals surface area (Å²) < 4.78 is 10.9. The van der Waals surface area contributed by atoms with E-state index in [4.69, 9.17) is 9.15 Å². The van der Waals surface area contributed by atoms with Crippen molar-refractivity contribution in [2.24, 2.45) is 5.92 Å². The number of unbranched alkanes of at least 4 members (excludes halogenated alkanes) is 1. The molecule has 1 aromatic carbocycles. The number of hydrogen-bond acceptors (Lipinski definition) is 6. The lowest BCUT2D eigenvalue weighted by atomic mass is 9.99.